The first-order valence-corrected chi connectivity index (χ1v) is 5.07. The second kappa shape index (κ2) is 7.97. The molecule has 0 radical (unpaired) electrons. The standard InChI is InChI=1S/C11H22O3/c1-4-7-11(2,14-10-13-3)8-5-6-9-12/h5-6,12H,4,7-10H2,1-3H3/b6-5+/t11-/m1/s1. The number of methoxy groups -OCH3 is 1. The molecule has 3 nitrogen and oxygen atoms in total. The van der Waals surface area contributed by atoms with Crippen molar-refractivity contribution in [2.45, 2.75) is 38.7 Å². The summed E-state index contributed by atoms with van der Waals surface area (Å²) in [4.78, 5) is 0. The fraction of sp³-hybridized carbons (Fsp3) is 0.818. The van der Waals surface area contributed by atoms with E-state index < -0.39 is 0 Å². The largest absolute Gasteiger partial charge is 0.392 e. The van der Waals surface area contributed by atoms with Crippen LogP contribution >= 0.6 is 0 Å². The lowest BCUT2D eigenvalue weighted by atomic mass is 9.96. The fourth-order valence-corrected chi connectivity index (χ4v) is 1.37. The minimum atomic E-state index is -0.170. The van der Waals surface area contributed by atoms with E-state index in [2.05, 4.69) is 13.8 Å². The first kappa shape index (κ1) is 13.6. The molecule has 0 aromatic rings. The predicted octanol–water partition coefficient (Wildman–Crippen LogP) is 2.10. The zero-order chi connectivity index (χ0) is 10.9. The summed E-state index contributed by atoms with van der Waals surface area (Å²) in [5, 5.41) is 8.62. The second-order valence-electron chi connectivity index (χ2n) is 3.61. The average molecular weight is 202 g/mol. The minimum absolute atomic E-state index is 0.0898. The lowest BCUT2D eigenvalue weighted by Crippen LogP contribution is -2.28. The van der Waals surface area contributed by atoms with Gasteiger partial charge in [-0.2, -0.15) is 0 Å². The van der Waals surface area contributed by atoms with Crippen molar-refractivity contribution in [2.75, 3.05) is 20.5 Å². The van der Waals surface area contributed by atoms with Crippen LogP contribution in [0, 0.1) is 0 Å². The number of hydrogen-bond acceptors (Lipinski definition) is 3. The van der Waals surface area contributed by atoms with E-state index in [4.69, 9.17) is 14.6 Å². The maximum atomic E-state index is 8.62. The summed E-state index contributed by atoms with van der Waals surface area (Å²) in [5.41, 5.74) is -0.170. The van der Waals surface area contributed by atoms with Gasteiger partial charge in [0, 0.05) is 7.11 Å². The Bertz CT molecular complexity index is 157. The molecule has 0 aromatic heterocycles. The second-order valence-corrected chi connectivity index (χ2v) is 3.61. The first-order valence-electron chi connectivity index (χ1n) is 5.07. The Balaban J connectivity index is 4.01. The van der Waals surface area contributed by atoms with Crippen LogP contribution in [0.5, 0.6) is 0 Å². The highest BCUT2D eigenvalue weighted by Crippen LogP contribution is 2.22. The molecular formula is C11H22O3. The van der Waals surface area contributed by atoms with Crippen LogP contribution < -0.4 is 0 Å². The molecule has 0 bridgehead atoms. The van der Waals surface area contributed by atoms with Gasteiger partial charge in [-0.25, -0.2) is 0 Å². The smallest absolute Gasteiger partial charge is 0.147 e. The Morgan fingerprint density at radius 2 is 2.07 bits per heavy atom. The number of aliphatic hydroxyl groups is 1. The van der Waals surface area contributed by atoms with Crippen molar-refractivity contribution in [3.05, 3.63) is 12.2 Å². The first-order chi connectivity index (χ1) is 6.68. The molecule has 0 unspecified atom stereocenters. The van der Waals surface area contributed by atoms with Crippen LogP contribution in [-0.2, 0) is 9.47 Å². The van der Waals surface area contributed by atoms with Gasteiger partial charge in [0.2, 0.25) is 0 Å². The van der Waals surface area contributed by atoms with Crippen LogP contribution in [0.2, 0.25) is 0 Å². The summed E-state index contributed by atoms with van der Waals surface area (Å²) in [6.07, 6.45) is 6.57. The third-order valence-corrected chi connectivity index (χ3v) is 2.13. The maximum Gasteiger partial charge on any atom is 0.147 e. The minimum Gasteiger partial charge on any atom is -0.392 e. The zero-order valence-corrected chi connectivity index (χ0v) is 9.45. The van der Waals surface area contributed by atoms with Gasteiger partial charge in [0.15, 0.2) is 0 Å². The lowest BCUT2D eigenvalue weighted by Gasteiger charge is -2.28. The van der Waals surface area contributed by atoms with Crippen molar-refractivity contribution < 1.29 is 14.6 Å². The molecule has 0 aliphatic carbocycles. The van der Waals surface area contributed by atoms with Crippen LogP contribution in [0.1, 0.15) is 33.1 Å². The molecule has 0 spiro atoms. The van der Waals surface area contributed by atoms with Gasteiger partial charge in [0.05, 0.1) is 12.2 Å². The summed E-state index contributed by atoms with van der Waals surface area (Å²) in [6.45, 7) is 4.61. The summed E-state index contributed by atoms with van der Waals surface area (Å²) in [6, 6.07) is 0. The van der Waals surface area contributed by atoms with Gasteiger partial charge in [0.1, 0.15) is 6.79 Å². The summed E-state index contributed by atoms with van der Waals surface area (Å²) < 4.78 is 10.5. The summed E-state index contributed by atoms with van der Waals surface area (Å²) in [7, 11) is 1.62. The zero-order valence-electron chi connectivity index (χ0n) is 9.45. The van der Waals surface area contributed by atoms with Crippen LogP contribution in [0.25, 0.3) is 0 Å². The van der Waals surface area contributed by atoms with Gasteiger partial charge in [0.25, 0.3) is 0 Å². The van der Waals surface area contributed by atoms with E-state index in [1.165, 1.54) is 0 Å². The van der Waals surface area contributed by atoms with Gasteiger partial charge in [-0.05, 0) is 19.8 Å². The van der Waals surface area contributed by atoms with Crippen LogP contribution in [-0.4, -0.2) is 31.2 Å². The number of rotatable bonds is 8. The molecule has 1 atom stereocenters. The molecule has 3 heteroatoms. The number of aliphatic hydroxyl groups excluding tert-OH is 1. The Labute approximate surface area is 86.7 Å². The van der Waals surface area contributed by atoms with E-state index in [1.807, 2.05) is 6.08 Å². The predicted molar refractivity (Wildman–Crippen MR) is 57.1 cm³/mol. The SMILES string of the molecule is CCC[C@](C)(C/C=C/CO)OCOC. The quantitative estimate of drug-likeness (QED) is 0.484. The number of ether oxygens (including phenoxy) is 2. The highest BCUT2D eigenvalue weighted by atomic mass is 16.7. The van der Waals surface area contributed by atoms with Crippen LogP contribution in [0.3, 0.4) is 0 Å². The molecule has 0 saturated carbocycles. The van der Waals surface area contributed by atoms with E-state index in [0.717, 1.165) is 19.3 Å². The molecule has 0 amide bonds. The molecule has 1 N–H and O–H groups in total. The Hall–Kier alpha value is -0.380. The van der Waals surface area contributed by atoms with Crippen molar-refractivity contribution in [3.8, 4) is 0 Å². The monoisotopic (exact) mass is 202 g/mol. The Morgan fingerprint density at radius 3 is 2.57 bits per heavy atom. The summed E-state index contributed by atoms with van der Waals surface area (Å²) in [5.74, 6) is 0. The van der Waals surface area contributed by atoms with Gasteiger partial charge in [-0.15, -0.1) is 0 Å². The molecule has 0 fully saturated rings. The van der Waals surface area contributed by atoms with E-state index in [9.17, 15) is 0 Å². The van der Waals surface area contributed by atoms with Gasteiger partial charge in [-0.1, -0.05) is 25.5 Å². The van der Waals surface area contributed by atoms with Crippen molar-refractivity contribution >= 4 is 0 Å². The Kier molecular flexibility index (Phi) is 7.76. The average Bonchev–Trinajstić information content (AvgIpc) is 2.16. The third-order valence-electron chi connectivity index (χ3n) is 2.13. The Morgan fingerprint density at radius 1 is 1.36 bits per heavy atom. The van der Waals surface area contributed by atoms with E-state index in [0.29, 0.717) is 6.79 Å². The highest BCUT2D eigenvalue weighted by molar-refractivity contribution is 4.89. The normalized spacial score (nSPS) is 16.0. The van der Waals surface area contributed by atoms with Gasteiger partial charge >= 0.3 is 0 Å². The highest BCUT2D eigenvalue weighted by Gasteiger charge is 2.22. The molecule has 0 aliphatic rings. The third kappa shape index (κ3) is 6.13. The van der Waals surface area contributed by atoms with E-state index in [1.54, 1.807) is 13.2 Å². The van der Waals surface area contributed by atoms with Crippen molar-refractivity contribution in [3.63, 3.8) is 0 Å². The summed E-state index contributed by atoms with van der Waals surface area (Å²) >= 11 is 0. The molecule has 14 heavy (non-hydrogen) atoms. The maximum absolute atomic E-state index is 8.62. The van der Waals surface area contributed by atoms with E-state index >= 15 is 0 Å². The number of hydrogen-bond donors (Lipinski definition) is 1. The van der Waals surface area contributed by atoms with Crippen molar-refractivity contribution in [1.29, 1.82) is 0 Å². The molecule has 0 saturated heterocycles. The van der Waals surface area contributed by atoms with Crippen molar-refractivity contribution in [1.82, 2.24) is 0 Å². The van der Waals surface area contributed by atoms with Crippen LogP contribution in [0.4, 0.5) is 0 Å². The fourth-order valence-electron chi connectivity index (χ4n) is 1.37. The molecule has 0 aromatic carbocycles. The topological polar surface area (TPSA) is 38.7 Å². The van der Waals surface area contributed by atoms with Crippen LogP contribution in [0.15, 0.2) is 12.2 Å². The molecule has 0 heterocycles. The van der Waals surface area contributed by atoms with Crippen molar-refractivity contribution in [2.24, 2.45) is 0 Å². The lowest BCUT2D eigenvalue weighted by molar-refractivity contribution is -0.124. The van der Waals surface area contributed by atoms with E-state index in [-0.39, 0.29) is 12.2 Å². The molecule has 0 rings (SSSR count). The molecular weight excluding hydrogens is 180 g/mol. The molecule has 0 aliphatic heterocycles. The molecule has 84 valence electrons. The van der Waals surface area contributed by atoms with Gasteiger partial charge < -0.3 is 14.6 Å². The van der Waals surface area contributed by atoms with Gasteiger partial charge in [-0.3, -0.25) is 0 Å².